The number of hydrogen-bond acceptors (Lipinski definition) is 4. The van der Waals surface area contributed by atoms with Gasteiger partial charge in [-0.2, -0.15) is 0 Å². The number of carbonyl (C=O) groups is 2. The van der Waals surface area contributed by atoms with Gasteiger partial charge < -0.3 is 10.2 Å². The minimum atomic E-state index is -4.29. The Hall–Kier alpha value is -3.37. The van der Waals surface area contributed by atoms with Crippen LogP contribution in [0.15, 0.2) is 112 Å². The average Bonchev–Trinajstić information content (AvgIpc) is 3.03. The molecule has 0 aromatic heterocycles. The molecular formula is C34H34BrCl2N3O4S. The van der Waals surface area contributed by atoms with Crippen molar-refractivity contribution in [3.8, 4) is 0 Å². The van der Waals surface area contributed by atoms with Crippen molar-refractivity contribution in [2.24, 2.45) is 0 Å². The van der Waals surface area contributed by atoms with Crippen LogP contribution < -0.4 is 9.62 Å². The topological polar surface area (TPSA) is 86.8 Å². The third-order valence-corrected chi connectivity index (χ3v) is 9.95. The molecular weight excluding hydrogens is 697 g/mol. The van der Waals surface area contributed by atoms with Crippen LogP contribution in [-0.2, 0) is 32.6 Å². The van der Waals surface area contributed by atoms with Gasteiger partial charge in [-0.1, -0.05) is 113 Å². The monoisotopic (exact) mass is 729 g/mol. The van der Waals surface area contributed by atoms with E-state index < -0.39 is 28.5 Å². The number of benzene rings is 4. The zero-order valence-corrected chi connectivity index (χ0v) is 28.6. The van der Waals surface area contributed by atoms with Crippen LogP contribution >= 0.6 is 39.1 Å². The van der Waals surface area contributed by atoms with Crippen LogP contribution in [0.3, 0.4) is 0 Å². The third-order valence-electron chi connectivity index (χ3n) is 7.13. The fourth-order valence-corrected chi connectivity index (χ4v) is 7.13. The van der Waals surface area contributed by atoms with Crippen molar-refractivity contribution in [3.63, 3.8) is 0 Å². The number of nitrogens with zero attached hydrogens (tertiary/aromatic N) is 2. The van der Waals surface area contributed by atoms with Crippen LogP contribution in [-0.4, -0.2) is 44.3 Å². The van der Waals surface area contributed by atoms with Gasteiger partial charge in [-0.3, -0.25) is 13.9 Å². The Kier molecular flexibility index (Phi) is 12.5. The maximum absolute atomic E-state index is 14.5. The van der Waals surface area contributed by atoms with Crippen LogP contribution in [0.5, 0.6) is 0 Å². The number of hydrogen-bond donors (Lipinski definition) is 1. The van der Waals surface area contributed by atoms with Crippen molar-refractivity contribution in [3.05, 3.63) is 129 Å². The van der Waals surface area contributed by atoms with Crippen molar-refractivity contribution in [1.29, 1.82) is 0 Å². The SMILES string of the molecule is CCCCNC(=O)C(Cc1ccccc1)N(Cc1cccc(Br)c1)C(=O)CN(c1cc(Cl)ccc1Cl)S(=O)(=O)c1ccccc1. The maximum Gasteiger partial charge on any atom is 0.264 e. The second-order valence-corrected chi connectivity index (χ2v) is 14.0. The number of unbranched alkanes of at least 4 members (excludes halogenated alkanes) is 1. The molecule has 0 heterocycles. The van der Waals surface area contributed by atoms with Crippen molar-refractivity contribution >= 4 is 66.7 Å². The zero-order chi connectivity index (χ0) is 32.4. The fourth-order valence-electron chi connectivity index (χ4n) is 4.80. The van der Waals surface area contributed by atoms with E-state index in [1.807, 2.05) is 61.5 Å². The van der Waals surface area contributed by atoms with E-state index in [1.54, 1.807) is 24.3 Å². The average molecular weight is 732 g/mol. The van der Waals surface area contributed by atoms with E-state index in [0.717, 1.165) is 32.7 Å². The molecule has 0 saturated carbocycles. The van der Waals surface area contributed by atoms with E-state index in [1.165, 1.54) is 29.2 Å². The van der Waals surface area contributed by atoms with Gasteiger partial charge in [-0.25, -0.2) is 8.42 Å². The number of halogens is 3. The minimum Gasteiger partial charge on any atom is -0.354 e. The third kappa shape index (κ3) is 9.33. The van der Waals surface area contributed by atoms with Gasteiger partial charge in [0, 0.05) is 29.0 Å². The standard InChI is InChI=1S/C34H34BrCl2N3O4S/c1-2-3-19-38-34(42)32(21-25-11-6-4-7-12-25)39(23-26-13-10-14-27(35)20-26)33(41)24-40(31-22-28(36)17-18-30(31)37)45(43,44)29-15-8-5-9-16-29/h4-18,20,22,32H,2-3,19,21,23-24H2,1H3,(H,38,42). The largest absolute Gasteiger partial charge is 0.354 e. The first-order valence-electron chi connectivity index (χ1n) is 14.5. The van der Waals surface area contributed by atoms with Crippen LogP contribution in [0.4, 0.5) is 5.69 Å². The smallest absolute Gasteiger partial charge is 0.264 e. The number of rotatable bonds is 14. The Balaban J connectivity index is 1.81. The zero-order valence-electron chi connectivity index (χ0n) is 24.7. The summed E-state index contributed by atoms with van der Waals surface area (Å²) in [6.07, 6.45) is 1.89. The summed E-state index contributed by atoms with van der Waals surface area (Å²) in [5.74, 6) is -0.911. The molecule has 236 valence electrons. The molecule has 0 fully saturated rings. The molecule has 4 rings (SSSR count). The Morgan fingerprint density at radius 1 is 0.867 bits per heavy atom. The van der Waals surface area contributed by atoms with Crippen molar-refractivity contribution < 1.29 is 18.0 Å². The molecule has 0 saturated heterocycles. The number of anilines is 1. The first-order chi connectivity index (χ1) is 21.6. The molecule has 11 heteroatoms. The molecule has 1 N–H and O–H groups in total. The molecule has 0 aliphatic heterocycles. The fraction of sp³-hybridized carbons (Fsp3) is 0.235. The van der Waals surface area contributed by atoms with Gasteiger partial charge >= 0.3 is 0 Å². The Labute approximate surface area is 283 Å². The molecule has 7 nitrogen and oxygen atoms in total. The van der Waals surface area contributed by atoms with Gasteiger partial charge in [-0.15, -0.1) is 0 Å². The highest BCUT2D eigenvalue weighted by molar-refractivity contribution is 9.10. The van der Waals surface area contributed by atoms with Gasteiger partial charge in [0.05, 0.1) is 15.6 Å². The van der Waals surface area contributed by atoms with Gasteiger partial charge in [0.15, 0.2) is 0 Å². The van der Waals surface area contributed by atoms with Crippen LogP contribution in [0.2, 0.25) is 10.0 Å². The number of amides is 2. The van der Waals surface area contributed by atoms with E-state index >= 15 is 0 Å². The van der Waals surface area contributed by atoms with Crippen molar-refractivity contribution in [2.45, 2.75) is 43.7 Å². The lowest BCUT2D eigenvalue weighted by Crippen LogP contribution is -2.53. The Morgan fingerprint density at radius 2 is 1.53 bits per heavy atom. The highest BCUT2D eigenvalue weighted by atomic mass is 79.9. The van der Waals surface area contributed by atoms with Crippen molar-refractivity contribution in [2.75, 3.05) is 17.4 Å². The molecule has 0 radical (unpaired) electrons. The van der Waals surface area contributed by atoms with Gasteiger partial charge in [0.1, 0.15) is 12.6 Å². The van der Waals surface area contributed by atoms with Crippen LogP contribution in [0.1, 0.15) is 30.9 Å². The lowest BCUT2D eigenvalue weighted by atomic mass is 10.0. The Morgan fingerprint density at radius 3 is 2.20 bits per heavy atom. The lowest BCUT2D eigenvalue weighted by molar-refractivity contribution is -0.140. The summed E-state index contributed by atoms with van der Waals surface area (Å²) in [7, 11) is -4.29. The van der Waals surface area contributed by atoms with E-state index in [9.17, 15) is 18.0 Å². The summed E-state index contributed by atoms with van der Waals surface area (Å²) in [6, 6.07) is 28.1. The maximum atomic E-state index is 14.5. The summed E-state index contributed by atoms with van der Waals surface area (Å²) in [6.45, 7) is 1.91. The molecule has 4 aromatic rings. The quantitative estimate of drug-likeness (QED) is 0.136. The lowest BCUT2D eigenvalue weighted by Gasteiger charge is -2.34. The second kappa shape index (κ2) is 16.3. The molecule has 45 heavy (non-hydrogen) atoms. The van der Waals surface area contributed by atoms with Gasteiger partial charge in [0.25, 0.3) is 10.0 Å². The first kappa shape index (κ1) is 34.5. The molecule has 0 aliphatic carbocycles. The highest BCUT2D eigenvalue weighted by Crippen LogP contribution is 2.33. The molecule has 0 bridgehead atoms. The normalized spacial score (nSPS) is 11.9. The predicted molar refractivity (Wildman–Crippen MR) is 184 cm³/mol. The second-order valence-electron chi connectivity index (χ2n) is 10.4. The summed E-state index contributed by atoms with van der Waals surface area (Å²) >= 11 is 16.3. The minimum absolute atomic E-state index is 0.0227. The Bertz CT molecular complexity index is 1710. The van der Waals surface area contributed by atoms with Crippen LogP contribution in [0, 0.1) is 0 Å². The predicted octanol–water partition coefficient (Wildman–Crippen LogP) is 7.51. The van der Waals surface area contributed by atoms with E-state index in [2.05, 4.69) is 21.2 Å². The molecule has 1 atom stereocenters. The first-order valence-corrected chi connectivity index (χ1v) is 17.5. The number of nitrogens with one attached hydrogen (secondary N) is 1. The van der Waals surface area contributed by atoms with Gasteiger partial charge in [-0.05, 0) is 60.0 Å². The van der Waals surface area contributed by atoms with Crippen molar-refractivity contribution in [1.82, 2.24) is 10.2 Å². The van der Waals surface area contributed by atoms with E-state index in [4.69, 9.17) is 23.2 Å². The van der Waals surface area contributed by atoms with Crippen LogP contribution in [0.25, 0.3) is 0 Å². The summed E-state index contributed by atoms with van der Waals surface area (Å²) in [5, 5.41) is 3.33. The van der Waals surface area contributed by atoms with Gasteiger partial charge in [0.2, 0.25) is 11.8 Å². The number of sulfonamides is 1. The number of carbonyl (C=O) groups excluding carboxylic acids is 2. The molecule has 0 spiro atoms. The molecule has 1 unspecified atom stereocenters. The van der Waals surface area contributed by atoms with E-state index in [-0.39, 0.29) is 39.5 Å². The van der Waals surface area contributed by atoms with E-state index in [0.29, 0.717) is 6.54 Å². The molecule has 0 aliphatic rings. The molecule has 4 aromatic carbocycles. The molecule has 2 amide bonds. The highest BCUT2D eigenvalue weighted by Gasteiger charge is 2.35. The summed E-state index contributed by atoms with van der Waals surface area (Å²) < 4.78 is 30.0. The summed E-state index contributed by atoms with van der Waals surface area (Å²) in [5.41, 5.74) is 1.66. The summed E-state index contributed by atoms with van der Waals surface area (Å²) in [4.78, 5) is 29.7.